The van der Waals surface area contributed by atoms with Crippen LogP contribution in [0.2, 0.25) is 0 Å². The second-order valence-electron chi connectivity index (χ2n) is 7.59. The molecule has 2 aromatic heterocycles. The molecular formula is C22H20FN5O2S. The van der Waals surface area contributed by atoms with Crippen LogP contribution in [0.15, 0.2) is 47.0 Å². The summed E-state index contributed by atoms with van der Waals surface area (Å²) in [4.78, 5) is 21.9. The molecule has 4 aromatic rings. The predicted molar refractivity (Wildman–Crippen MR) is 117 cm³/mol. The summed E-state index contributed by atoms with van der Waals surface area (Å²) in [6.45, 7) is 1.74. The highest BCUT2D eigenvalue weighted by atomic mass is 32.1. The molecule has 5 rings (SSSR count). The van der Waals surface area contributed by atoms with Crippen molar-refractivity contribution < 1.29 is 13.7 Å². The summed E-state index contributed by atoms with van der Waals surface area (Å²) in [6, 6.07) is 11.8. The van der Waals surface area contributed by atoms with E-state index in [-0.39, 0.29) is 23.8 Å². The van der Waals surface area contributed by atoms with E-state index in [0.717, 1.165) is 34.6 Å². The molecule has 0 radical (unpaired) electrons. The number of nitrogens with zero attached hydrogens (tertiary/aromatic N) is 3. The highest BCUT2D eigenvalue weighted by Gasteiger charge is 2.30. The van der Waals surface area contributed by atoms with Gasteiger partial charge in [-0.05, 0) is 56.5 Å². The van der Waals surface area contributed by atoms with Gasteiger partial charge in [-0.1, -0.05) is 28.6 Å². The lowest BCUT2D eigenvalue weighted by molar-refractivity contribution is 0.0936. The highest BCUT2D eigenvalue weighted by molar-refractivity contribution is 7.22. The highest BCUT2D eigenvalue weighted by Crippen LogP contribution is 2.30. The molecule has 1 aliphatic carbocycles. The van der Waals surface area contributed by atoms with Crippen LogP contribution in [0.5, 0.6) is 0 Å². The number of benzene rings is 2. The standard InChI is InChI=1S/C22H20FN5O2S/c1-12-24-21(30-28-12)15-6-3-2-5-14(15)20(29)25-16-7-4-8-17(16)26-22-27-18-10-9-13(23)11-19(18)31-22/h2-3,5-6,9-11,16-17H,4,7-8H2,1H3,(H,25,29)(H,26,27)/t16-,17+/m0/s1. The van der Waals surface area contributed by atoms with Crippen LogP contribution in [0.1, 0.15) is 35.4 Å². The van der Waals surface area contributed by atoms with Crippen LogP contribution in [0, 0.1) is 12.7 Å². The third kappa shape index (κ3) is 4.00. The summed E-state index contributed by atoms with van der Waals surface area (Å²) in [7, 11) is 0. The van der Waals surface area contributed by atoms with Crippen molar-refractivity contribution in [3.05, 3.63) is 59.7 Å². The SMILES string of the molecule is Cc1noc(-c2ccccc2C(=O)N[C@H]2CCC[C@H]2Nc2nc3ccc(F)cc3s2)n1. The summed E-state index contributed by atoms with van der Waals surface area (Å²) in [5.74, 6) is 0.382. The normalized spacial score (nSPS) is 18.4. The third-order valence-corrected chi connectivity index (χ3v) is 6.37. The number of fused-ring (bicyclic) bond motifs is 1. The molecule has 1 aliphatic rings. The molecule has 158 valence electrons. The molecule has 1 saturated carbocycles. The van der Waals surface area contributed by atoms with Crippen molar-refractivity contribution in [2.45, 2.75) is 38.3 Å². The van der Waals surface area contributed by atoms with Gasteiger partial charge in [0.2, 0.25) is 0 Å². The lowest BCUT2D eigenvalue weighted by Crippen LogP contribution is -2.43. The molecule has 1 fully saturated rings. The Balaban J connectivity index is 1.33. The Labute approximate surface area is 181 Å². The fourth-order valence-electron chi connectivity index (χ4n) is 3.94. The van der Waals surface area contributed by atoms with Crippen LogP contribution in [-0.2, 0) is 0 Å². The van der Waals surface area contributed by atoms with Gasteiger partial charge < -0.3 is 15.2 Å². The van der Waals surface area contributed by atoms with E-state index in [1.807, 2.05) is 12.1 Å². The Kier molecular flexibility index (Phi) is 5.11. The van der Waals surface area contributed by atoms with Crippen LogP contribution < -0.4 is 10.6 Å². The molecule has 0 unspecified atom stereocenters. The number of carbonyl (C=O) groups is 1. The summed E-state index contributed by atoms with van der Waals surface area (Å²) in [6.07, 6.45) is 2.77. The molecule has 1 amide bonds. The molecule has 2 heterocycles. The number of hydrogen-bond donors (Lipinski definition) is 2. The second kappa shape index (κ2) is 8.07. The van der Waals surface area contributed by atoms with Gasteiger partial charge >= 0.3 is 0 Å². The van der Waals surface area contributed by atoms with Crippen LogP contribution in [-0.4, -0.2) is 33.1 Å². The number of aromatic nitrogens is 3. The molecule has 0 bridgehead atoms. The predicted octanol–water partition coefficient (Wildman–Crippen LogP) is 4.56. The third-order valence-electron chi connectivity index (χ3n) is 5.42. The lowest BCUT2D eigenvalue weighted by Gasteiger charge is -2.22. The van der Waals surface area contributed by atoms with Gasteiger partial charge in [0.1, 0.15) is 5.82 Å². The molecule has 7 nitrogen and oxygen atoms in total. The van der Waals surface area contributed by atoms with Crippen molar-refractivity contribution in [3.8, 4) is 11.5 Å². The number of nitrogens with one attached hydrogen (secondary N) is 2. The van der Waals surface area contributed by atoms with Gasteiger partial charge in [0.05, 0.1) is 21.3 Å². The number of rotatable bonds is 5. The van der Waals surface area contributed by atoms with Gasteiger partial charge in [0.15, 0.2) is 11.0 Å². The van der Waals surface area contributed by atoms with Crippen LogP contribution in [0.4, 0.5) is 9.52 Å². The number of carbonyl (C=O) groups excluding carboxylic acids is 1. The molecule has 0 spiro atoms. The van der Waals surface area contributed by atoms with Gasteiger partial charge in [-0.15, -0.1) is 0 Å². The summed E-state index contributed by atoms with van der Waals surface area (Å²) >= 11 is 1.42. The minimum Gasteiger partial charge on any atom is -0.357 e. The molecule has 2 aromatic carbocycles. The summed E-state index contributed by atoms with van der Waals surface area (Å²) < 4.78 is 19.5. The Morgan fingerprint density at radius 2 is 2.00 bits per heavy atom. The lowest BCUT2D eigenvalue weighted by atomic mass is 10.1. The molecule has 9 heteroatoms. The number of thiazole rings is 1. The smallest absolute Gasteiger partial charge is 0.258 e. The zero-order valence-corrected chi connectivity index (χ0v) is 17.6. The van der Waals surface area contributed by atoms with E-state index in [1.54, 1.807) is 25.1 Å². The monoisotopic (exact) mass is 437 g/mol. The average molecular weight is 438 g/mol. The van der Waals surface area contributed by atoms with E-state index in [0.29, 0.717) is 22.8 Å². The van der Waals surface area contributed by atoms with Gasteiger partial charge in [0, 0.05) is 12.1 Å². The maximum Gasteiger partial charge on any atom is 0.258 e. The minimum absolute atomic E-state index is 0.0475. The first-order chi connectivity index (χ1) is 15.1. The van der Waals surface area contributed by atoms with E-state index >= 15 is 0 Å². The van der Waals surface area contributed by atoms with Gasteiger partial charge in [-0.3, -0.25) is 4.79 Å². The molecule has 2 atom stereocenters. The van der Waals surface area contributed by atoms with Crippen molar-refractivity contribution in [2.75, 3.05) is 5.32 Å². The van der Waals surface area contributed by atoms with E-state index in [1.165, 1.54) is 23.5 Å². The van der Waals surface area contributed by atoms with Crippen LogP contribution >= 0.6 is 11.3 Å². The average Bonchev–Trinajstić information content (AvgIpc) is 3.48. The topological polar surface area (TPSA) is 92.9 Å². The zero-order chi connectivity index (χ0) is 21.4. The summed E-state index contributed by atoms with van der Waals surface area (Å²) in [5.41, 5.74) is 1.86. The summed E-state index contributed by atoms with van der Waals surface area (Å²) in [5, 5.41) is 11.1. The Morgan fingerprint density at radius 3 is 2.84 bits per heavy atom. The molecule has 0 aliphatic heterocycles. The fraction of sp³-hybridized carbons (Fsp3) is 0.273. The Morgan fingerprint density at radius 1 is 1.16 bits per heavy atom. The minimum atomic E-state index is -0.274. The first-order valence-corrected chi connectivity index (χ1v) is 10.9. The van der Waals surface area contributed by atoms with Crippen molar-refractivity contribution >= 4 is 32.6 Å². The number of anilines is 1. The molecule has 31 heavy (non-hydrogen) atoms. The number of aryl methyl sites for hydroxylation is 1. The van der Waals surface area contributed by atoms with Crippen molar-refractivity contribution in [1.29, 1.82) is 0 Å². The largest absolute Gasteiger partial charge is 0.357 e. The van der Waals surface area contributed by atoms with E-state index < -0.39 is 0 Å². The van der Waals surface area contributed by atoms with Crippen molar-refractivity contribution in [2.24, 2.45) is 0 Å². The maximum absolute atomic E-state index is 13.5. The van der Waals surface area contributed by atoms with Crippen molar-refractivity contribution in [1.82, 2.24) is 20.4 Å². The number of halogens is 1. The van der Waals surface area contributed by atoms with Crippen molar-refractivity contribution in [3.63, 3.8) is 0 Å². The molecule has 2 N–H and O–H groups in total. The Hall–Kier alpha value is -3.33. The van der Waals surface area contributed by atoms with Crippen LogP contribution in [0.25, 0.3) is 21.7 Å². The van der Waals surface area contributed by atoms with Gasteiger partial charge in [-0.25, -0.2) is 9.37 Å². The molecular weight excluding hydrogens is 417 g/mol. The maximum atomic E-state index is 13.5. The number of amides is 1. The van der Waals surface area contributed by atoms with Gasteiger partial charge in [-0.2, -0.15) is 4.98 Å². The quantitative estimate of drug-likeness (QED) is 0.476. The number of hydrogen-bond acceptors (Lipinski definition) is 7. The van der Waals surface area contributed by atoms with Gasteiger partial charge in [0.25, 0.3) is 11.8 Å². The first kappa shape index (κ1) is 19.6. The van der Waals surface area contributed by atoms with Crippen LogP contribution in [0.3, 0.4) is 0 Å². The molecule has 0 saturated heterocycles. The van der Waals surface area contributed by atoms with E-state index in [2.05, 4.69) is 25.8 Å². The Bertz CT molecular complexity index is 1250. The second-order valence-corrected chi connectivity index (χ2v) is 8.62. The van der Waals surface area contributed by atoms with E-state index in [9.17, 15) is 9.18 Å². The van der Waals surface area contributed by atoms with E-state index in [4.69, 9.17) is 4.52 Å². The fourth-order valence-corrected chi connectivity index (χ4v) is 4.90. The first-order valence-electron chi connectivity index (χ1n) is 10.1. The zero-order valence-electron chi connectivity index (χ0n) is 16.8.